The van der Waals surface area contributed by atoms with Crippen molar-refractivity contribution in [2.75, 3.05) is 0 Å². The zero-order valence-electron chi connectivity index (χ0n) is 2.10. The SMILES string of the molecule is [Ca+].[O]=[Al][O-]. The van der Waals surface area contributed by atoms with Gasteiger partial charge in [-0.25, -0.2) is 0 Å². The molecule has 0 rings (SSSR count). The molecule has 0 fully saturated rings. The topological polar surface area (TPSA) is 40.1 Å². The van der Waals surface area contributed by atoms with Crippen molar-refractivity contribution in [3.63, 3.8) is 0 Å². The zero-order valence-corrected chi connectivity index (χ0v) is 5.46. The predicted octanol–water partition coefficient (Wildman–Crippen LogP) is -2.07. The van der Waals surface area contributed by atoms with Gasteiger partial charge in [0.05, 0.1) is 0 Å². The van der Waals surface area contributed by atoms with E-state index < -0.39 is 15.5 Å². The molecule has 17 valence electrons. The first-order chi connectivity index (χ1) is 1.41. The molecule has 4 heavy (non-hydrogen) atoms. The van der Waals surface area contributed by atoms with Crippen LogP contribution in [0.3, 0.4) is 0 Å². The van der Waals surface area contributed by atoms with Gasteiger partial charge in [-0.1, -0.05) is 0 Å². The third-order valence-corrected chi connectivity index (χ3v) is 0. The third-order valence-electron chi connectivity index (χ3n) is 0. The average molecular weight is 99.1 g/mol. The van der Waals surface area contributed by atoms with Crippen LogP contribution in [0.5, 0.6) is 0 Å². The van der Waals surface area contributed by atoms with Crippen LogP contribution in [0.1, 0.15) is 0 Å². The second-order valence-corrected chi connectivity index (χ2v) is 0.289. The number of rotatable bonds is 0. The Hall–Kier alpha value is 1.39. The van der Waals surface area contributed by atoms with E-state index in [9.17, 15) is 0 Å². The monoisotopic (exact) mass is 98.9 g/mol. The molecule has 0 unspecified atom stereocenters. The fourth-order valence-electron chi connectivity index (χ4n) is 0. The Morgan fingerprint density at radius 3 is 1.75 bits per heavy atom. The molecule has 1 radical (unpaired) electrons. The van der Waals surface area contributed by atoms with Crippen LogP contribution in [0, 0.1) is 0 Å². The van der Waals surface area contributed by atoms with E-state index in [1.807, 2.05) is 0 Å². The van der Waals surface area contributed by atoms with Gasteiger partial charge in [0.25, 0.3) is 0 Å². The van der Waals surface area contributed by atoms with Crippen molar-refractivity contribution >= 4 is 53.2 Å². The van der Waals surface area contributed by atoms with Gasteiger partial charge in [0, 0.05) is 0 Å². The molecular weight excluding hydrogens is 99.1 g/mol. The van der Waals surface area contributed by atoms with Crippen molar-refractivity contribution in [3.8, 4) is 0 Å². The van der Waals surface area contributed by atoms with E-state index in [1.165, 1.54) is 0 Å². The molecule has 0 bridgehead atoms. The number of hydrogen-bond acceptors (Lipinski definition) is 2. The second-order valence-electron chi connectivity index (χ2n) is 0.0962. The molecule has 0 aromatic carbocycles. The molecule has 0 saturated carbocycles. The molecule has 0 spiro atoms. The Kier molecular flexibility index (Phi) is 20.0. The molecule has 4 heteroatoms. The third kappa shape index (κ3) is 10.0. The Morgan fingerprint density at radius 1 is 1.75 bits per heavy atom. The minimum atomic E-state index is -1.75. The van der Waals surface area contributed by atoms with Crippen LogP contribution in [0.2, 0.25) is 0 Å². The molecule has 0 aliphatic heterocycles. The molecule has 0 aliphatic carbocycles. The quantitative estimate of drug-likeness (QED) is 0.327. The van der Waals surface area contributed by atoms with Gasteiger partial charge < -0.3 is 0 Å². The Labute approximate surface area is 60.5 Å². The summed E-state index contributed by atoms with van der Waals surface area (Å²) in [5.74, 6) is 0. The summed E-state index contributed by atoms with van der Waals surface area (Å²) in [7, 11) is 0. The predicted molar refractivity (Wildman–Crippen MR) is 12.2 cm³/mol. The van der Waals surface area contributed by atoms with Gasteiger partial charge in [-0.2, -0.15) is 0 Å². The first kappa shape index (κ1) is 9.04. The van der Waals surface area contributed by atoms with Crippen LogP contribution >= 0.6 is 0 Å². The molecule has 0 atom stereocenters. The summed E-state index contributed by atoms with van der Waals surface area (Å²) in [5.41, 5.74) is 0. The first-order valence-electron chi connectivity index (χ1n) is 0.471. The van der Waals surface area contributed by atoms with E-state index in [1.54, 1.807) is 0 Å². The van der Waals surface area contributed by atoms with Gasteiger partial charge in [0.2, 0.25) is 0 Å². The second kappa shape index (κ2) is 8.83. The van der Waals surface area contributed by atoms with Crippen LogP contribution in [0.25, 0.3) is 0 Å². The van der Waals surface area contributed by atoms with Gasteiger partial charge in [-0.05, 0) is 0 Å². The summed E-state index contributed by atoms with van der Waals surface area (Å²) in [6, 6.07) is 0. The van der Waals surface area contributed by atoms with Gasteiger partial charge in [-0.15, -0.1) is 0 Å². The summed E-state index contributed by atoms with van der Waals surface area (Å²) in [6.07, 6.45) is 0. The van der Waals surface area contributed by atoms with Gasteiger partial charge in [0.15, 0.2) is 0 Å². The number of hydrogen-bond donors (Lipinski definition) is 0. The van der Waals surface area contributed by atoms with Crippen molar-refractivity contribution in [2.45, 2.75) is 0 Å². The standard InChI is InChI=1S/Al.Ca.2O/q;+1;;-1. The molecule has 0 aliphatic rings. The molecule has 0 heterocycles. The van der Waals surface area contributed by atoms with Crippen molar-refractivity contribution in [3.05, 3.63) is 0 Å². The Balaban J connectivity index is 0. The van der Waals surface area contributed by atoms with E-state index >= 15 is 0 Å². The van der Waals surface area contributed by atoms with Crippen LogP contribution in [-0.4, -0.2) is 53.2 Å². The summed E-state index contributed by atoms with van der Waals surface area (Å²) < 4.78 is 16.9. The summed E-state index contributed by atoms with van der Waals surface area (Å²) >= 11 is -1.75. The van der Waals surface area contributed by atoms with E-state index in [0.717, 1.165) is 0 Å². The molecule has 0 N–H and O–H groups in total. The van der Waals surface area contributed by atoms with Crippen molar-refractivity contribution in [1.29, 1.82) is 0 Å². The van der Waals surface area contributed by atoms with Crippen molar-refractivity contribution in [2.24, 2.45) is 0 Å². The van der Waals surface area contributed by atoms with E-state index in [4.69, 9.17) is 7.96 Å². The molecular formula is AlCaO2. The summed E-state index contributed by atoms with van der Waals surface area (Å²) in [5, 5.41) is 0. The van der Waals surface area contributed by atoms with Crippen LogP contribution < -0.4 is 4.16 Å². The zero-order chi connectivity index (χ0) is 2.71. The molecule has 0 aromatic rings. The van der Waals surface area contributed by atoms with Crippen LogP contribution in [-0.2, 0) is 3.80 Å². The van der Waals surface area contributed by atoms with E-state index in [0.29, 0.717) is 0 Å². The fourth-order valence-corrected chi connectivity index (χ4v) is 0. The van der Waals surface area contributed by atoms with E-state index in [2.05, 4.69) is 0 Å². The average Bonchev–Trinajstić information content (AvgIpc) is 0.918. The van der Waals surface area contributed by atoms with Crippen molar-refractivity contribution in [1.82, 2.24) is 0 Å². The molecule has 0 amide bonds. The fraction of sp³-hybridized carbons (Fsp3) is 0. The molecule has 2 nitrogen and oxygen atoms in total. The molecule has 0 saturated heterocycles. The van der Waals surface area contributed by atoms with Crippen LogP contribution in [0.4, 0.5) is 0 Å². The first-order valence-corrected chi connectivity index (χ1v) is 1.41. The summed E-state index contributed by atoms with van der Waals surface area (Å²) in [4.78, 5) is 0. The van der Waals surface area contributed by atoms with E-state index in [-0.39, 0.29) is 37.7 Å². The van der Waals surface area contributed by atoms with Crippen LogP contribution in [0.15, 0.2) is 0 Å². The van der Waals surface area contributed by atoms with Gasteiger partial charge in [0.1, 0.15) is 0 Å². The van der Waals surface area contributed by atoms with Crippen molar-refractivity contribution < 1.29 is 7.96 Å². The van der Waals surface area contributed by atoms with Gasteiger partial charge >= 0.3 is 61.2 Å². The Morgan fingerprint density at radius 2 is 1.75 bits per heavy atom. The summed E-state index contributed by atoms with van der Waals surface area (Å²) in [6.45, 7) is 0. The molecule has 0 aromatic heterocycles. The minimum absolute atomic E-state index is 0. The maximum atomic E-state index is 8.46. The van der Waals surface area contributed by atoms with Gasteiger partial charge in [-0.3, -0.25) is 0 Å². The Bertz CT molecular complexity index is 13.5. The maximum absolute atomic E-state index is 8.46. The normalized spacial score (nSPS) is 2.00.